The number of rotatable bonds is 2. The van der Waals surface area contributed by atoms with Crippen molar-refractivity contribution in [1.29, 1.82) is 0 Å². The third-order valence-corrected chi connectivity index (χ3v) is 5.24. The Kier molecular flexibility index (Phi) is 2.81. The number of pyridine rings is 1. The molecule has 5 heteroatoms. The molecule has 22 heavy (non-hydrogen) atoms. The number of aliphatic carboxylic acids is 1. The van der Waals surface area contributed by atoms with E-state index in [9.17, 15) is 9.90 Å². The van der Waals surface area contributed by atoms with Crippen molar-refractivity contribution >= 4 is 27.7 Å². The normalized spacial score (nSPS) is 15.8. The van der Waals surface area contributed by atoms with Crippen molar-refractivity contribution in [2.45, 2.75) is 26.2 Å². The van der Waals surface area contributed by atoms with Gasteiger partial charge in [-0.05, 0) is 42.1 Å². The number of hydrogen-bond donors (Lipinski definition) is 1. The molecule has 1 N–H and O–H groups in total. The first-order valence-corrected chi connectivity index (χ1v) is 7.93. The molecule has 1 atom stereocenters. The fraction of sp³-hybridized carbons (Fsp3) is 0.235. The van der Waals surface area contributed by atoms with Gasteiger partial charge in [0.05, 0.1) is 17.8 Å². The van der Waals surface area contributed by atoms with Gasteiger partial charge in [0.1, 0.15) is 4.83 Å². The van der Waals surface area contributed by atoms with E-state index in [0.717, 1.165) is 43.9 Å². The molecule has 3 aromatic rings. The van der Waals surface area contributed by atoms with Crippen molar-refractivity contribution < 1.29 is 9.90 Å². The van der Waals surface area contributed by atoms with E-state index >= 15 is 0 Å². The lowest BCUT2D eigenvalue weighted by Gasteiger charge is -2.13. The lowest BCUT2D eigenvalue weighted by Crippen LogP contribution is -2.06. The van der Waals surface area contributed by atoms with Gasteiger partial charge in [0.15, 0.2) is 0 Å². The molecule has 1 unspecified atom stereocenters. The second kappa shape index (κ2) is 4.61. The van der Waals surface area contributed by atoms with Gasteiger partial charge in [-0.25, -0.2) is 4.98 Å². The zero-order valence-electron chi connectivity index (χ0n) is 12.3. The molecule has 1 aliphatic rings. The smallest absolute Gasteiger partial charge is 0.304 e. The highest BCUT2D eigenvalue weighted by Gasteiger charge is 2.34. The minimum Gasteiger partial charge on any atom is -0.481 e. The third kappa shape index (κ3) is 1.72. The molecular weight excluding hydrogens is 296 g/mol. The summed E-state index contributed by atoms with van der Waals surface area (Å²) in [6.07, 6.45) is 0.0919. The number of carboxylic acids is 1. The summed E-state index contributed by atoms with van der Waals surface area (Å²) in [6.45, 7) is 4.04. The lowest BCUT2D eigenvalue weighted by molar-refractivity contribution is -0.137. The fourth-order valence-corrected chi connectivity index (χ4v) is 4.37. The van der Waals surface area contributed by atoms with E-state index < -0.39 is 5.97 Å². The van der Waals surface area contributed by atoms with Crippen LogP contribution in [0.1, 0.15) is 34.7 Å². The minimum atomic E-state index is -0.785. The van der Waals surface area contributed by atoms with Gasteiger partial charge in [0.25, 0.3) is 0 Å². The van der Waals surface area contributed by atoms with Gasteiger partial charge < -0.3 is 5.11 Å². The molecule has 1 aromatic carbocycles. The summed E-state index contributed by atoms with van der Waals surface area (Å²) in [7, 11) is 0. The molecule has 0 radical (unpaired) electrons. The Labute approximate surface area is 131 Å². The predicted octanol–water partition coefficient (Wildman–Crippen LogP) is 3.90. The molecule has 0 spiro atoms. The van der Waals surface area contributed by atoms with Crippen LogP contribution in [0.25, 0.3) is 21.5 Å². The second-order valence-electron chi connectivity index (χ2n) is 5.68. The number of aromatic nitrogens is 2. The maximum absolute atomic E-state index is 11.3. The summed E-state index contributed by atoms with van der Waals surface area (Å²) in [5, 5.41) is 10.4. The van der Waals surface area contributed by atoms with Crippen molar-refractivity contribution in [3.05, 3.63) is 46.6 Å². The van der Waals surface area contributed by atoms with Crippen molar-refractivity contribution in [3.63, 3.8) is 0 Å². The zero-order chi connectivity index (χ0) is 15.4. The van der Waals surface area contributed by atoms with Gasteiger partial charge in [-0.3, -0.25) is 4.79 Å². The number of fused-ring (bicyclic) bond motifs is 4. The van der Waals surface area contributed by atoms with Crippen LogP contribution in [0.15, 0.2) is 24.3 Å². The van der Waals surface area contributed by atoms with Crippen molar-refractivity contribution in [2.75, 3.05) is 0 Å². The molecule has 2 heterocycles. The number of hydrogen-bond acceptors (Lipinski definition) is 4. The molecule has 110 valence electrons. The van der Waals surface area contributed by atoms with E-state index in [1.54, 1.807) is 0 Å². The number of aryl methyl sites for hydroxylation is 2. The molecule has 0 saturated carbocycles. The van der Waals surface area contributed by atoms with Gasteiger partial charge in [0, 0.05) is 16.9 Å². The predicted molar refractivity (Wildman–Crippen MR) is 86.4 cm³/mol. The quantitative estimate of drug-likeness (QED) is 0.780. The minimum absolute atomic E-state index is 0.0919. The van der Waals surface area contributed by atoms with E-state index in [1.807, 2.05) is 31.2 Å². The highest BCUT2D eigenvalue weighted by molar-refractivity contribution is 7.13. The first-order chi connectivity index (χ1) is 10.6. The van der Waals surface area contributed by atoms with Crippen LogP contribution in [-0.2, 0) is 4.79 Å². The number of carbonyl (C=O) groups is 1. The Morgan fingerprint density at radius 2 is 2.09 bits per heavy atom. The van der Waals surface area contributed by atoms with E-state index in [2.05, 4.69) is 11.3 Å². The van der Waals surface area contributed by atoms with Crippen LogP contribution in [0, 0.1) is 13.8 Å². The molecule has 0 aliphatic heterocycles. The average Bonchev–Trinajstić information content (AvgIpc) is 3.00. The summed E-state index contributed by atoms with van der Waals surface area (Å²) in [4.78, 5) is 17.1. The van der Waals surface area contributed by atoms with E-state index in [4.69, 9.17) is 4.98 Å². The van der Waals surface area contributed by atoms with Crippen molar-refractivity contribution in [2.24, 2.45) is 0 Å². The van der Waals surface area contributed by atoms with Crippen LogP contribution < -0.4 is 0 Å². The number of benzene rings is 1. The Morgan fingerprint density at radius 3 is 2.86 bits per heavy atom. The molecule has 1 aliphatic carbocycles. The van der Waals surface area contributed by atoms with Gasteiger partial charge in [-0.1, -0.05) is 24.3 Å². The topological polar surface area (TPSA) is 63.1 Å². The summed E-state index contributed by atoms with van der Waals surface area (Å²) in [5.41, 5.74) is 6.19. The first kappa shape index (κ1) is 13.4. The van der Waals surface area contributed by atoms with E-state index in [0.29, 0.717) is 0 Å². The Bertz CT molecular complexity index is 930. The summed E-state index contributed by atoms with van der Waals surface area (Å²) in [6, 6.07) is 7.99. The van der Waals surface area contributed by atoms with Crippen LogP contribution in [0.3, 0.4) is 0 Å². The molecule has 0 amide bonds. The fourth-order valence-electron chi connectivity index (χ4n) is 3.53. The highest BCUT2D eigenvalue weighted by Crippen LogP contribution is 2.48. The molecular formula is C17H14N2O2S. The summed E-state index contributed by atoms with van der Waals surface area (Å²) < 4.78 is 4.40. The van der Waals surface area contributed by atoms with Gasteiger partial charge >= 0.3 is 5.97 Å². The first-order valence-electron chi connectivity index (χ1n) is 7.15. The summed E-state index contributed by atoms with van der Waals surface area (Å²) >= 11 is 1.41. The average molecular weight is 310 g/mol. The highest BCUT2D eigenvalue weighted by atomic mass is 32.1. The van der Waals surface area contributed by atoms with E-state index in [1.165, 1.54) is 11.5 Å². The SMILES string of the molecule is Cc1nsc2nc3c(c(C)c12)C(CC(=O)O)c1ccccc1-3. The second-order valence-corrected chi connectivity index (χ2v) is 6.44. The van der Waals surface area contributed by atoms with Crippen LogP contribution in [0.2, 0.25) is 0 Å². The van der Waals surface area contributed by atoms with Gasteiger partial charge in [0.2, 0.25) is 0 Å². The van der Waals surface area contributed by atoms with Crippen molar-refractivity contribution in [3.8, 4) is 11.3 Å². The van der Waals surface area contributed by atoms with Gasteiger partial charge in [-0.2, -0.15) is 4.37 Å². The summed E-state index contributed by atoms with van der Waals surface area (Å²) in [5.74, 6) is -0.910. The molecule has 0 bridgehead atoms. The maximum atomic E-state index is 11.3. The van der Waals surface area contributed by atoms with Crippen LogP contribution >= 0.6 is 11.5 Å². The Morgan fingerprint density at radius 1 is 1.32 bits per heavy atom. The number of carboxylic acid groups (broad SMARTS) is 1. The molecule has 0 fully saturated rings. The van der Waals surface area contributed by atoms with E-state index in [-0.39, 0.29) is 12.3 Å². The largest absolute Gasteiger partial charge is 0.481 e. The molecule has 2 aromatic heterocycles. The van der Waals surface area contributed by atoms with Gasteiger partial charge in [-0.15, -0.1) is 0 Å². The Balaban J connectivity index is 2.08. The third-order valence-electron chi connectivity index (χ3n) is 4.41. The molecule has 4 nitrogen and oxygen atoms in total. The van der Waals surface area contributed by atoms with Crippen LogP contribution in [-0.4, -0.2) is 20.4 Å². The van der Waals surface area contributed by atoms with Crippen LogP contribution in [0.5, 0.6) is 0 Å². The number of nitrogens with zero attached hydrogens (tertiary/aromatic N) is 2. The Hall–Kier alpha value is -2.27. The maximum Gasteiger partial charge on any atom is 0.304 e. The standard InChI is InChI=1S/C17H14N2O2S/c1-8-14-9(2)19-22-17(14)18-16-11-6-4-3-5-10(11)12(15(8)16)7-13(20)21/h3-6,12H,7H2,1-2H3,(H,20,21). The lowest BCUT2D eigenvalue weighted by atomic mass is 9.90. The molecule has 4 rings (SSSR count). The zero-order valence-corrected chi connectivity index (χ0v) is 13.1. The monoisotopic (exact) mass is 310 g/mol. The molecule has 0 saturated heterocycles. The van der Waals surface area contributed by atoms with Crippen LogP contribution in [0.4, 0.5) is 0 Å². The van der Waals surface area contributed by atoms with Crippen molar-refractivity contribution in [1.82, 2.24) is 9.36 Å².